The zero-order valence-electron chi connectivity index (χ0n) is 12.7. The Labute approximate surface area is 127 Å². The fourth-order valence-corrected chi connectivity index (χ4v) is 2.80. The Hall–Kier alpha value is 0.410. The van der Waals surface area contributed by atoms with Gasteiger partial charge in [-0.3, -0.25) is 0 Å². The molecular formula is C11H26Cl2N3O2S+. The summed E-state index contributed by atoms with van der Waals surface area (Å²) < 4.78 is 27.4. The molecule has 116 valence electrons. The van der Waals surface area contributed by atoms with Gasteiger partial charge in [-0.2, -0.15) is 4.31 Å². The van der Waals surface area contributed by atoms with Crippen molar-refractivity contribution in [3.63, 3.8) is 0 Å². The molecule has 0 aliphatic carbocycles. The van der Waals surface area contributed by atoms with Crippen LogP contribution in [0.4, 0.5) is 0 Å². The molecule has 5 nitrogen and oxygen atoms in total. The van der Waals surface area contributed by atoms with Gasteiger partial charge in [0.1, 0.15) is 0 Å². The molecule has 0 aromatic rings. The van der Waals surface area contributed by atoms with E-state index in [-0.39, 0.29) is 5.75 Å². The molecule has 0 radical (unpaired) electrons. The van der Waals surface area contributed by atoms with Gasteiger partial charge in [0.25, 0.3) is 0 Å². The van der Waals surface area contributed by atoms with Gasteiger partial charge in [0, 0.05) is 12.6 Å². The van der Waals surface area contributed by atoms with Crippen LogP contribution < -0.4 is 0 Å². The average molecular weight is 335 g/mol. The van der Waals surface area contributed by atoms with Crippen LogP contribution in [0.2, 0.25) is 0 Å². The number of quaternary nitrogens is 1. The van der Waals surface area contributed by atoms with Crippen LogP contribution >= 0.6 is 23.6 Å². The number of rotatable bonds is 8. The maximum absolute atomic E-state index is 12.1. The summed E-state index contributed by atoms with van der Waals surface area (Å²) in [5.74, 6) is 0.0313. The van der Waals surface area contributed by atoms with E-state index < -0.39 is 15.6 Å². The first kappa shape index (κ1) is 19.4. The number of halogens is 2. The number of nitrogens with zero attached hydrogens (tertiary/aromatic N) is 3. The van der Waals surface area contributed by atoms with Crippen molar-refractivity contribution in [1.29, 1.82) is 0 Å². The van der Waals surface area contributed by atoms with Crippen LogP contribution in [0.1, 0.15) is 20.3 Å². The first-order valence-corrected chi connectivity index (χ1v) is 8.43. The lowest BCUT2D eigenvalue weighted by atomic mass is 10.0. The van der Waals surface area contributed by atoms with Crippen molar-refractivity contribution in [3.8, 4) is 0 Å². The lowest BCUT2D eigenvalue weighted by Crippen LogP contribution is -2.44. The largest absolute Gasteiger partial charge is 0.330 e. The normalized spacial score (nSPS) is 14.4. The fraction of sp³-hybridized carbons (Fsp3) is 1.00. The monoisotopic (exact) mass is 334 g/mol. The molecule has 0 saturated heterocycles. The quantitative estimate of drug-likeness (QED) is 0.501. The summed E-state index contributed by atoms with van der Waals surface area (Å²) in [5, 5.41) is 0. The van der Waals surface area contributed by atoms with E-state index in [9.17, 15) is 8.42 Å². The summed E-state index contributed by atoms with van der Waals surface area (Å²) in [7, 11) is 4.43. The number of sulfonamides is 1. The first-order valence-electron chi connectivity index (χ1n) is 6.14. The van der Waals surface area contributed by atoms with Crippen molar-refractivity contribution < 1.29 is 12.9 Å². The maximum Gasteiger partial charge on any atom is 0.214 e. The fourth-order valence-electron chi connectivity index (χ4n) is 1.20. The molecule has 0 spiro atoms. The highest BCUT2D eigenvalue weighted by Gasteiger charge is 2.29. The van der Waals surface area contributed by atoms with Gasteiger partial charge >= 0.3 is 0 Å². The van der Waals surface area contributed by atoms with Crippen LogP contribution in [0, 0.1) is 0 Å². The molecule has 0 bridgehead atoms. The second-order valence-corrected chi connectivity index (χ2v) is 9.49. The maximum atomic E-state index is 12.1. The molecule has 0 aromatic carbocycles. The standard InChI is InChI=1S/C11H26Cl2N3O2S/c1-11(2,15(12)13)7-10-19(17,18)14(3)8-9-16(4,5)6/h7-10H2,1-6H3/q+1. The Morgan fingerprint density at radius 1 is 1.16 bits per heavy atom. The predicted molar refractivity (Wildman–Crippen MR) is 81.6 cm³/mol. The molecular weight excluding hydrogens is 309 g/mol. The van der Waals surface area contributed by atoms with Crippen molar-refractivity contribution in [2.24, 2.45) is 0 Å². The SMILES string of the molecule is CN(CC[N+](C)(C)C)S(=O)(=O)CCC(C)(C)N(Cl)Cl. The number of hydrogen-bond acceptors (Lipinski definition) is 3. The zero-order chi connectivity index (χ0) is 15.5. The van der Waals surface area contributed by atoms with Crippen LogP contribution in [-0.2, 0) is 10.0 Å². The average Bonchev–Trinajstić information content (AvgIpc) is 2.22. The Bertz CT molecular complexity index is 378. The van der Waals surface area contributed by atoms with Gasteiger partial charge in [0.05, 0.1) is 40.0 Å². The van der Waals surface area contributed by atoms with Crippen molar-refractivity contribution in [2.45, 2.75) is 25.8 Å². The molecule has 19 heavy (non-hydrogen) atoms. The summed E-state index contributed by atoms with van der Waals surface area (Å²) >= 11 is 11.4. The highest BCUT2D eigenvalue weighted by Crippen LogP contribution is 2.24. The van der Waals surface area contributed by atoms with E-state index in [1.807, 2.05) is 21.1 Å². The molecule has 0 amide bonds. The van der Waals surface area contributed by atoms with Gasteiger partial charge < -0.3 is 4.48 Å². The van der Waals surface area contributed by atoms with E-state index in [0.717, 1.165) is 15.0 Å². The third kappa shape index (κ3) is 7.68. The Balaban J connectivity index is 4.48. The Morgan fingerprint density at radius 2 is 1.63 bits per heavy atom. The smallest absolute Gasteiger partial charge is 0.214 e. The Kier molecular flexibility index (Phi) is 7.06. The molecule has 0 aromatic heterocycles. The lowest BCUT2D eigenvalue weighted by molar-refractivity contribution is -0.869. The van der Waals surface area contributed by atoms with E-state index in [1.165, 1.54) is 4.31 Å². The van der Waals surface area contributed by atoms with Gasteiger partial charge in [0.2, 0.25) is 10.0 Å². The molecule has 0 aliphatic rings. The molecule has 0 unspecified atom stereocenters. The van der Waals surface area contributed by atoms with E-state index in [1.54, 1.807) is 20.9 Å². The Morgan fingerprint density at radius 3 is 2.00 bits per heavy atom. The van der Waals surface area contributed by atoms with Crippen LogP contribution in [0.15, 0.2) is 0 Å². The van der Waals surface area contributed by atoms with Crippen molar-refractivity contribution in [1.82, 2.24) is 8.24 Å². The summed E-state index contributed by atoms with van der Waals surface area (Å²) in [5.41, 5.74) is -0.572. The number of hydrogen-bond donors (Lipinski definition) is 0. The summed E-state index contributed by atoms with van der Waals surface area (Å²) in [4.78, 5) is 0. The summed E-state index contributed by atoms with van der Waals surface area (Å²) in [6.07, 6.45) is 0.372. The van der Waals surface area contributed by atoms with E-state index >= 15 is 0 Å². The minimum absolute atomic E-state index is 0.0313. The minimum atomic E-state index is -3.27. The molecule has 0 N–H and O–H groups in total. The van der Waals surface area contributed by atoms with E-state index in [0.29, 0.717) is 13.0 Å². The van der Waals surface area contributed by atoms with Crippen molar-refractivity contribution in [3.05, 3.63) is 0 Å². The molecule has 0 rings (SSSR count). The topological polar surface area (TPSA) is 40.6 Å². The van der Waals surface area contributed by atoms with Crippen LogP contribution in [0.3, 0.4) is 0 Å². The highest BCUT2D eigenvalue weighted by atomic mass is 35.5. The second-order valence-electron chi connectivity index (χ2n) is 6.45. The lowest BCUT2D eigenvalue weighted by Gasteiger charge is -2.29. The van der Waals surface area contributed by atoms with Gasteiger partial charge in [-0.05, 0) is 43.8 Å². The minimum Gasteiger partial charge on any atom is -0.330 e. The highest BCUT2D eigenvalue weighted by molar-refractivity contribution is 7.89. The molecule has 0 heterocycles. The summed E-state index contributed by atoms with van der Waals surface area (Å²) in [6, 6.07) is 0. The predicted octanol–water partition coefficient (Wildman–Crippen LogP) is 1.73. The number of likely N-dealkylation sites (N-methyl/N-ethyl adjacent to an activating group) is 2. The van der Waals surface area contributed by atoms with Crippen LogP contribution in [0.25, 0.3) is 0 Å². The molecule has 0 aliphatic heterocycles. The third-order valence-electron chi connectivity index (χ3n) is 2.99. The van der Waals surface area contributed by atoms with Crippen LogP contribution in [-0.4, -0.2) is 73.7 Å². The van der Waals surface area contributed by atoms with E-state index in [2.05, 4.69) is 0 Å². The molecule has 0 saturated carbocycles. The van der Waals surface area contributed by atoms with Gasteiger partial charge in [-0.15, -0.1) is 3.94 Å². The molecule has 0 atom stereocenters. The zero-order valence-corrected chi connectivity index (χ0v) is 15.0. The first-order chi connectivity index (χ1) is 8.28. The van der Waals surface area contributed by atoms with Crippen LogP contribution in [0.5, 0.6) is 0 Å². The van der Waals surface area contributed by atoms with Crippen molar-refractivity contribution in [2.75, 3.05) is 47.0 Å². The van der Waals surface area contributed by atoms with E-state index in [4.69, 9.17) is 23.6 Å². The van der Waals surface area contributed by atoms with Gasteiger partial charge in [-0.1, -0.05) is 0 Å². The molecule has 0 fully saturated rings. The summed E-state index contributed by atoms with van der Waals surface area (Å²) in [6.45, 7) is 4.86. The second kappa shape index (κ2) is 6.91. The van der Waals surface area contributed by atoms with Gasteiger partial charge in [0.15, 0.2) is 0 Å². The molecule has 8 heteroatoms. The third-order valence-corrected chi connectivity index (χ3v) is 5.76. The van der Waals surface area contributed by atoms with Crippen molar-refractivity contribution >= 4 is 33.6 Å². The van der Waals surface area contributed by atoms with Gasteiger partial charge in [-0.25, -0.2) is 8.42 Å².